The van der Waals surface area contributed by atoms with E-state index in [-0.39, 0.29) is 48.4 Å². The van der Waals surface area contributed by atoms with Crippen LogP contribution in [0.15, 0.2) is 11.6 Å². The summed E-state index contributed by atoms with van der Waals surface area (Å²) in [6.45, 7) is 4.59. The molecule has 4 rings (SSSR count). The first-order chi connectivity index (χ1) is 17.4. The fourth-order valence-corrected chi connectivity index (χ4v) is 7.93. The Kier molecular flexibility index (Phi) is 7.81. The number of hydrogen-bond acceptors (Lipinski definition) is 6. The molecule has 4 aliphatic carbocycles. The van der Waals surface area contributed by atoms with Crippen molar-refractivity contribution >= 4 is 29.6 Å². The molecule has 1 amide bonds. The molecule has 0 bridgehead atoms. The van der Waals surface area contributed by atoms with Crippen molar-refractivity contribution in [3.8, 4) is 0 Å². The molecule has 9 heteroatoms. The third-order valence-corrected chi connectivity index (χ3v) is 9.99. The van der Waals surface area contributed by atoms with Crippen LogP contribution in [0.3, 0.4) is 0 Å². The Balaban J connectivity index is 1.31. The minimum atomic E-state index is -1.31. The fraction of sp³-hybridized carbons (Fsp3) is 0.750. The molecule has 37 heavy (non-hydrogen) atoms. The number of ether oxygens (including phenoxy) is 1. The van der Waals surface area contributed by atoms with Crippen LogP contribution >= 0.6 is 0 Å². The maximum atomic E-state index is 12.7. The largest absolute Gasteiger partial charge is 0.481 e. The van der Waals surface area contributed by atoms with Crippen LogP contribution in [0, 0.1) is 28.6 Å². The highest BCUT2D eigenvalue weighted by Crippen LogP contribution is 2.65. The molecule has 0 aliphatic heterocycles. The van der Waals surface area contributed by atoms with Crippen molar-refractivity contribution < 1.29 is 38.9 Å². The third-order valence-electron chi connectivity index (χ3n) is 9.99. The second-order valence-corrected chi connectivity index (χ2v) is 12.0. The van der Waals surface area contributed by atoms with Crippen molar-refractivity contribution in [2.45, 2.75) is 103 Å². The number of nitrogens with one attached hydrogen (secondary N) is 1. The van der Waals surface area contributed by atoms with Gasteiger partial charge in [-0.2, -0.15) is 0 Å². The summed E-state index contributed by atoms with van der Waals surface area (Å²) in [4.78, 5) is 58.9. The molecule has 204 valence electrons. The molecule has 0 aromatic carbocycles. The van der Waals surface area contributed by atoms with E-state index in [2.05, 4.69) is 19.2 Å². The van der Waals surface area contributed by atoms with Crippen molar-refractivity contribution in [3.05, 3.63) is 11.6 Å². The molecule has 9 nitrogen and oxygen atoms in total. The molecule has 0 saturated heterocycles. The van der Waals surface area contributed by atoms with Crippen LogP contribution < -0.4 is 5.32 Å². The van der Waals surface area contributed by atoms with E-state index in [0.717, 1.165) is 44.9 Å². The van der Waals surface area contributed by atoms with Crippen molar-refractivity contribution in [1.29, 1.82) is 0 Å². The summed E-state index contributed by atoms with van der Waals surface area (Å²) in [5, 5.41) is 20.2. The molecule has 0 unspecified atom stereocenters. The maximum absolute atomic E-state index is 12.7. The first-order valence-corrected chi connectivity index (χ1v) is 13.6. The summed E-state index contributed by atoms with van der Waals surface area (Å²) in [5.41, 5.74) is 1.33. The van der Waals surface area contributed by atoms with E-state index in [1.807, 2.05) is 6.08 Å². The highest BCUT2D eigenvalue weighted by atomic mass is 16.5. The molecule has 3 saturated carbocycles. The van der Waals surface area contributed by atoms with E-state index in [1.54, 1.807) is 0 Å². The van der Waals surface area contributed by atoms with Gasteiger partial charge in [0.25, 0.3) is 0 Å². The van der Waals surface area contributed by atoms with Crippen molar-refractivity contribution in [3.63, 3.8) is 0 Å². The molecule has 0 heterocycles. The van der Waals surface area contributed by atoms with Crippen molar-refractivity contribution in [2.75, 3.05) is 0 Å². The number of esters is 1. The molecular formula is C28H39NO8. The van der Waals surface area contributed by atoms with Gasteiger partial charge in [0.1, 0.15) is 12.1 Å². The average Bonchev–Trinajstić information content (AvgIpc) is 3.16. The van der Waals surface area contributed by atoms with E-state index in [4.69, 9.17) is 9.84 Å². The van der Waals surface area contributed by atoms with Gasteiger partial charge in [-0.15, -0.1) is 0 Å². The highest BCUT2D eigenvalue weighted by molar-refractivity contribution is 5.91. The number of carboxylic acids is 2. The van der Waals surface area contributed by atoms with Crippen LogP contribution in [0.1, 0.15) is 90.9 Å². The lowest BCUT2D eigenvalue weighted by Gasteiger charge is -2.57. The minimum Gasteiger partial charge on any atom is -0.481 e. The third kappa shape index (κ3) is 5.46. The summed E-state index contributed by atoms with van der Waals surface area (Å²) in [6.07, 6.45) is 8.20. The number of fused-ring (bicyclic) bond motifs is 5. The van der Waals surface area contributed by atoms with Gasteiger partial charge in [-0.05, 0) is 80.6 Å². The number of carbonyl (C=O) groups excluding carboxylic acids is 3. The Bertz CT molecular complexity index is 1000. The van der Waals surface area contributed by atoms with E-state index in [9.17, 15) is 29.1 Å². The number of aliphatic carboxylic acids is 2. The van der Waals surface area contributed by atoms with Crippen LogP contribution in [0.2, 0.25) is 0 Å². The monoisotopic (exact) mass is 517 g/mol. The first kappa shape index (κ1) is 27.3. The number of allylic oxidation sites excluding steroid dienone is 1. The smallest absolute Gasteiger partial charge is 0.326 e. The van der Waals surface area contributed by atoms with Crippen molar-refractivity contribution in [1.82, 2.24) is 5.32 Å². The van der Waals surface area contributed by atoms with Gasteiger partial charge in [0.15, 0.2) is 5.78 Å². The SMILES string of the molecule is C[C@]12CC[C@H]3[C@@H](CCC4=CC(=O)CC[C@@]43C)[C@@H]1CC[C@H]2OC(=O)CCC(=O)N[C@H](CCC(=O)O)C(=O)O. The zero-order valence-electron chi connectivity index (χ0n) is 21.8. The molecule has 0 radical (unpaired) electrons. The Hall–Kier alpha value is -2.71. The maximum Gasteiger partial charge on any atom is 0.326 e. The second-order valence-electron chi connectivity index (χ2n) is 12.0. The minimum absolute atomic E-state index is 0.0958. The summed E-state index contributed by atoms with van der Waals surface area (Å²) >= 11 is 0. The van der Waals surface area contributed by atoms with Gasteiger partial charge in [-0.25, -0.2) is 4.79 Å². The highest BCUT2D eigenvalue weighted by Gasteiger charge is 2.59. The lowest BCUT2D eigenvalue weighted by Crippen LogP contribution is -2.51. The lowest BCUT2D eigenvalue weighted by molar-refractivity contribution is -0.160. The number of hydrogen-bond donors (Lipinski definition) is 3. The van der Waals surface area contributed by atoms with E-state index >= 15 is 0 Å². The Labute approximate surface area is 217 Å². The molecule has 4 aliphatic rings. The number of carbonyl (C=O) groups is 5. The van der Waals surface area contributed by atoms with Crippen LogP contribution in [-0.4, -0.2) is 52.0 Å². The molecule has 3 N–H and O–H groups in total. The molecule has 0 spiro atoms. The van der Waals surface area contributed by atoms with Gasteiger partial charge < -0.3 is 20.3 Å². The fourth-order valence-electron chi connectivity index (χ4n) is 7.93. The number of carboxylic acid groups (broad SMARTS) is 2. The zero-order valence-corrected chi connectivity index (χ0v) is 21.8. The quantitative estimate of drug-likeness (QED) is 0.393. The van der Waals surface area contributed by atoms with E-state index in [1.165, 1.54) is 5.57 Å². The van der Waals surface area contributed by atoms with E-state index in [0.29, 0.717) is 24.2 Å². The van der Waals surface area contributed by atoms with Crippen molar-refractivity contribution in [2.24, 2.45) is 28.6 Å². The Morgan fingerprint density at radius 1 is 1.00 bits per heavy atom. The predicted molar refractivity (Wildman–Crippen MR) is 132 cm³/mol. The molecular weight excluding hydrogens is 478 g/mol. The van der Waals surface area contributed by atoms with Crippen LogP contribution in [0.4, 0.5) is 0 Å². The number of rotatable bonds is 9. The normalized spacial score (nSPS) is 35.3. The Morgan fingerprint density at radius 3 is 2.46 bits per heavy atom. The van der Waals surface area contributed by atoms with Crippen LogP contribution in [-0.2, 0) is 28.7 Å². The summed E-state index contributed by atoms with van der Waals surface area (Å²) < 4.78 is 5.92. The number of amides is 1. The summed E-state index contributed by atoms with van der Waals surface area (Å²) in [7, 11) is 0. The number of ketones is 1. The molecule has 3 fully saturated rings. The first-order valence-electron chi connectivity index (χ1n) is 13.6. The molecule has 7 atom stereocenters. The summed E-state index contributed by atoms with van der Waals surface area (Å²) in [6, 6.07) is -1.31. The van der Waals surface area contributed by atoms with Gasteiger partial charge in [-0.1, -0.05) is 19.4 Å². The van der Waals surface area contributed by atoms with Gasteiger partial charge in [-0.3, -0.25) is 19.2 Å². The van der Waals surface area contributed by atoms with Gasteiger partial charge in [0.2, 0.25) is 5.91 Å². The zero-order chi connectivity index (χ0) is 27.0. The molecule has 0 aromatic rings. The predicted octanol–water partition coefficient (Wildman–Crippen LogP) is 3.64. The van der Waals surface area contributed by atoms with Gasteiger partial charge in [0.05, 0.1) is 6.42 Å². The average molecular weight is 518 g/mol. The van der Waals surface area contributed by atoms with Gasteiger partial charge in [0, 0.05) is 24.7 Å². The molecule has 0 aromatic heterocycles. The van der Waals surface area contributed by atoms with Gasteiger partial charge >= 0.3 is 17.9 Å². The Morgan fingerprint density at radius 2 is 1.76 bits per heavy atom. The topological polar surface area (TPSA) is 147 Å². The standard InChI is InChI=1S/C28H39NO8/c1-27-13-11-17(30)15-16(27)3-4-18-19-5-7-22(28(19,2)14-12-20(18)27)37-25(34)10-8-23(31)29-21(26(35)36)6-9-24(32)33/h15,18-22H,3-14H2,1-2H3,(H,29,31)(H,32,33)(H,35,36)/t18-,19-,20-,21+,22+,27-,28-/m0/s1. The van der Waals surface area contributed by atoms with E-state index < -0.39 is 29.9 Å². The summed E-state index contributed by atoms with van der Waals surface area (Å²) in [5.74, 6) is -1.70. The lowest BCUT2D eigenvalue weighted by atomic mass is 9.47. The van der Waals surface area contributed by atoms with Crippen LogP contribution in [0.25, 0.3) is 0 Å². The second kappa shape index (κ2) is 10.6. The van der Waals surface area contributed by atoms with Crippen LogP contribution in [0.5, 0.6) is 0 Å².